The van der Waals surface area contributed by atoms with Crippen LogP contribution in [-0.2, 0) is 4.79 Å². The van der Waals surface area contributed by atoms with Crippen LogP contribution in [0.4, 0.5) is 5.13 Å². The average molecular weight is 356 g/mol. The second-order valence-electron chi connectivity index (χ2n) is 5.25. The smallest absolute Gasteiger partial charge is 0.236 e. The lowest BCUT2D eigenvalue weighted by atomic mass is 10.1. The second kappa shape index (κ2) is 7.55. The number of carbonyl (C=O) groups excluding carboxylic acids is 1. The summed E-state index contributed by atoms with van der Waals surface area (Å²) in [6.07, 6.45) is 0. The molecule has 0 radical (unpaired) electrons. The Kier molecular flexibility index (Phi) is 5.22. The van der Waals surface area contributed by atoms with Crippen LogP contribution in [-0.4, -0.2) is 26.8 Å². The molecule has 2 aromatic heterocycles. The lowest BCUT2D eigenvalue weighted by Gasteiger charge is -2.03. The molecule has 0 saturated heterocycles. The number of anilines is 1. The minimum absolute atomic E-state index is 0.0984. The Morgan fingerprint density at radius 1 is 1.12 bits per heavy atom. The zero-order chi connectivity index (χ0) is 16.9. The summed E-state index contributed by atoms with van der Waals surface area (Å²) < 4.78 is 0. The lowest BCUT2D eigenvalue weighted by molar-refractivity contribution is -0.113. The van der Waals surface area contributed by atoms with E-state index < -0.39 is 0 Å². The minimum atomic E-state index is -0.0984. The Morgan fingerprint density at radius 3 is 2.54 bits per heavy atom. The zero-order valence-corrected chi connectivity index (χ0v) is 14.9. The van der Waals surface area contributed by atoms with Gasteiger partial charge in [-0.25, -0.2) is 4.98 Å². The van der Waals surface area contributed by atoms with Crippen molar-refractivity contribution >= 4 is 34.1 Å². The van der Waals surface area contributed by atoms with Gasteiger partial charge in [-0.05, 0) is 26.0 Å². The number of aryl methyl sites for hydroxylation is 2. The largest absolute Gasteiger partial charge is 0.301 e. The first-order valence-electron chi connectivity index (χ1n) is 7.36. The van der Waals surface area contributed by atoms with Crippen LogP contribution in [0.3, 0.4) is 0 Å². The first kappa shape index (κ1) is 16.6. The van der Waals surface area contributed by atoms with Crippen LogP contribution in [0, 0.1) is 13.8 Å². The van der Waals surface area contributed by atoms with E-state index in [1.165, 1.54) is 28.7 Å². The number of hydrogen-bond donors (Lipinski definition) is 1. The maximum Gasteiger partial charge on any atom is 0.236 e. The van der Waals surface area contributed by atoms with Crippen molar-refractivity contribution in [3.63, 3.8) is 0 Å². The molecule has 0 unspecified atom stereocenters. The summed E-state index contributed by atoms with van der Waals surface area (Å²) in [5.74, 6) is 0.177. The number of aromatic nitrogens is 3. The van der Waals surface area contributed by atoms with E-state index in [2.05, 4.69) is 20.5 Å². The average Bonchev–Trinajstić information content (AvgIpc) is 2.99. The summed E-state index contributed by atoms with van der Waals surface area (Å²) in [4.78, 5) is 16.1. The molecule has 0 aliphatic carbocycles. The molecule has 1 aromatic carbocycles. The van der Waals surface area contributed by atoms with Crippen molar-refractivity contribution < 1.29 is 4.79 Å². The Morgan fingerprint density at radius 2 is 1.92 bits per heavy atom. The quantitative estimate of drug-likeness (QED) is 0.701. The Bertz CT molecular complexity index is 829. The number of thioether (sulfide) groups is 1. The van der Waals surface area contributed by atoms with Crippen molar-refractivity contribution in [2.75, 3.05) is 11.1 Å². The Hall–Kier alpha value is -2.25. The van der Waals surface area contributed by atoms with Crippen LogP contribution in [0.1, 0.15) is 11.3 Å². The van der Waals surface area contributed by atoms with Gasteiger partial charge in [-0.3, -0.25) is 4.79 Å². The molecule has 5 nitrogen and oxygen atoms in total. The van der Waals surface area contributed by atoms with Gasteiger partial charge >= 0.3 is 0 Å². The fraction of sp³-hybridized carbons (Fsp3) is 0.176. The third-order valence-corrected chi connectivity index (χ3v) is 5.00. The number of amides is 1. The van der Waals surface area contributed by atoms with Gasteiger partial charge in [0, 0.05) is 10.9 Å². The number of rotatable bonds is 5. The zero-order valence-electron chi connectivity index (χ0n) is 13.3. The molecular formula is C17H16N4OS2. The van der Waals surface area contributed by atoms with Crippen LogP contribution in [0.25, 0.3) is 11.3 Å². The van der Waals surface area contributed by atoms with E-state index in [-0.39, 0.29) is 11.7 Å². The summed E-state index contributed by atoms with van der Waals surface area (Å²) >= 11 is 2.77. The molecule has 0 atom stereocenters. The summed E-state index contributed by atoms with van der Waals surface area (Å²) in [5, 5.41) is 14.4. The van der Waals surface area contributed by atoms with Crippen molar-refractivity contribution in [1.82, 2.24) is 15.2 Å². The van der Waals surface area contributed by atoms with E-state index in [9.17, 15) is 4.79 Å². The molecule has 3 rings (SSSR count). The van der Waals surface area contributed by atoms with E-state index in [0.717, 1.165) is 22.0 Å². The van der Waals surface area contributed by atoms with Gasteiger partial charge < -0.3 is 5.32 Å². The molecule has 0 fully saturated rings. The van der Waals surface area contributed by atoms with Gasteiger partial charge in [0.1, 0.15) is 5.03 Å². The molecule has 24 heavy (non-hydrogen) atoms. The summed E-state index contributed by atoms with van der Waals surface area (Å²) in [5.41, 5.74) is 3.96. The maximum atomic E-state index is 11.9. The van der Waals surface area contributed by atoms with Gasteiger partial charge in [-0.1, -0.05) is 41.6 Å². The summed E-state index contributed by atoms with van der Waals surface area (Å²) in [7, 11) is 0. The van der Waals surface area contributed by atoms with Gasteiger partial charge in [-0.2, -0.15) is 0 Å². The van der Waals surface area contributed by atoms with Crippen molar-refractivity contribution in [1.29, 1.82) is 0 Å². The molecule has 0 spiro atoms. The highest BCUT2D eigenvalue weighted by atomic mass is 32.2. The molecule has 0 aliphatic heterocycles. The highest BCUT2D eigenvalue weighted by Gasteiger charge is 2.08. The van der Waals surface area contributed by atoms with Gasteiger partial charge in [0.25, 0.3) is 0 Å². The number of nitrogens with one attached hydrogen (secondary N) is 1. The topological polar surface area (TPSA) is 67.8 Å². The van der Waals surface area contributed by atoms with E-state index in [1.54, 1.807) is 0 Å². The molecule has 1 N–H and O–H groups in total. The van der Waals surface area contributed by atoms with E-state index in [1.807, 2.05) is 55.6 Å². The number of carbonyl (C=O) groups is 1. The number of thiazole rings is 1. The molecule has 3 aromatic rings. The molecule has 0 bridgehead atoms. The standard InChI is InChI=1S/C17H16N4OS2/c1-11-3-5-13(6-4-11)14-7-8-16(21-20-14)23-10-15(22)19-17-18-12(2)9-24-17/h3-9H,10H2,1-2H3,(H,18,19,22). The molecule has 1 amide bonds. The van der Waals surface area contributed by atoms with Crippen molar-refractivity contribution in [3.8, 4) is 11.3 Å². The SMILES string of the molecule is Cc1ccc(-c2ccc(SCC(=O)Nc3nc(C)cs3)nn2)cc1. The fourth-order valence-corrected chi connectivity index (χ4v) is 3.30. The Labute approximate surface area is 148 Å². The molecular weight excluding hydrogens is 340 g/mol. The van der Waals surface area contributed by atoms with Crippen LogP contribution >= 0.6 is 23.1 Å². The molecule has 122 valence electrons. The van der Waals surface area contributed by atoms with E-state index >= 15 is 0 Å². The number of nitrogens with zero attached hydrogens (tertiary/aromatic N) is 3. The predicted molar refractivity (Wildman–Crippen MR) is 98.4 cm³/mol. The monoisotopic (exact) mass is 356 g/mol. The van der Waals surface area contributed by atoms with E-state index in [0.29, 0.717) is 5.13 Å². The lowest BCUT2D eigenvalue weighted by Crippen LogP contribution is -2.14. The van der Waals surface area contributed by atoms with Crippen LogP contribution in [0.2, 0.25) is 0 Å². The van der Waals surface area contributed by atoms with Gasteiger partial charge in [-0.15, -0.1) is 21.5 Å². The van der Waals surface area contributed by atoms with Crippen LogP contribution in [0.5, 0.6) is 0 Å². The van der Waals surface area contributed by atoms with E-state index in [4.69, 9.17) is 0 Å². The maximum absolute atomic E-state index is 11.9. The first-order chi connectivity index (χ1) is 11.6. The summed E-state index contributed by atoms with van der Waals surface area (Å²) in [6.45, 7) is 3.94. The highest BCUT2D eigenvalue weighted by Crippen LogP contribution is 2.21. The molecule has 0 aliphatic rings. The number of hydrogen-bond acceptors (Lipinski definition) is 6. The van der Waals surface area contributed by atoms with Gasteiger partial charge in [0.15, 0.2) is 5.13 Å². The van der Waals surface area contributed by atoms with Crippen molar-refractivity contribution in [3.05, 3.63) is 53.0 Å². The third kappa shape index (κ3) is 4.39. The third-order valence-electron chi connectivity index (χ3n) is 3.20. The molecule has 0 saturated carbocycles. The molecule has 2 heterocycles. The van der Waals surface area contributed by atoms with Crippen molar-refractivity contribution in [2.45, 2.75) is 18.9 Å². The minimum Gasteiger partial charge on any atom is -0.301 e. The Balaban J connectivity index is 1.56. The first-order valence-corrected chi connectivity index (χ1v) is 9.22. The summed E-state index contributed by atoms with van der Waals surface area (Å²) in [6, 6.07) is 11.9. The van der Waals surface area contributed by atoms with Gasteiger partial charge in [0.2, 0.25) is 5.91 Å². The van der Waals surface area contributed by atoms with Gasteiger partial charge in [0.05, 0.1) is 17.1 Å². The van der Waals surface area contributed by atoms with Crippen LogP contribution in [0.15, 0.2) is 46.8 Å². The predicted octanol–water partition coefficient (Wildman–Crippen LogP) is 3.95. The normalized spacial score (nSPS) is 10.6. The number of benzene rings is 1. The van der Waals surface area contributed by atoms with Crippen LogP contribution < -0.4 is 5.32 Å². The fourth-order valence-electron chi connectivity index (χ4n) is 1.98. The van der Waals surface area contributed by atoms with Crippen molar-refractivity contribution in [2.24, 2.45) is 0 Å². The second-order valence-corrected chi connectivity index (χ2v) is 7.11. The molecule has 7 heteroatoms. The highest BCUT2D eigenvalue weighted by molar-refractivity contribution is 7.99.